The van der Waals surface area contributed by atoms with Crippen LogP contribution in [0.1, 0.15) is 0 Å². The van der Waals surface area contributed by atoms with Gasteiger partial charge in [-0.3, -0.25) is 0 Å². The zero-order valence-electron chi connectivity index (χ0n) is 12.2. The van der Waals surface area contributed by atoms with E-state index in [0.717, 1.165) is 10.9 Å². The first kappa shape index (κ1) is 13.9. The molecule has 6 heteroatoms. The van der Waals surface area contributed by atoms with Gasteiger partial charge in [0, 0.05) is 11.5 Å². The molecule has 0 atom stereocenters. The van der Waals surface area contributed by atoms with Gasteiger partial charge in [-0.15, -0.1) is 10.2 Å². The van der Waals surface area contributed by atoms with Gasteiger partial charge in [0.25, 0.3) is 0 Å². The van der Waals surface area contributed by atoms with E-state index in [4.69, 9.17) is 9.47 Å². The summed E-state index contributed by atoms with van der Waals surface area (Å²) in [5.41, 5.74) is 1.70. The molecule has 3 aromatic rings. The number of para-hydroxylation sites is 1. The lowest BCUT2D eigenvalue weighted by Crippen LogP contribution is -1.81. The highest BCUT2D eigenvalue weighted by atomic mass is 16.5. The number of hydrogen-bond donors (Lipinski definition) is 2. The van der Waals surface area contributed by atoms with Crippen LogP contribution in [-0.4, -0.2) is 24.3 Å². The van der Waals surface area contributed by atoms with Crippen LogP contribution >= 0.6 is 0 Å². The minimum atomic E-state index is -0.0399. The lowest BCUT2D eigenvalue weighted by Gasteiger charge is -2.01. The van der Waals surface area contributed by atoms with Crippen molar-refractivity contribution in [3.63, 3.8) is 0 Å². The van der Waals surface area contributed by atoms with Crippen molar-refractivity contribution in [3.8, 4) is 17.4 Å². The molecule has 112 valence electrons. The van der Waals surface area contributed by atoms with Gasteiger partial charge in [-0.25, -0.2) is 0 Å². The van der Waals surface area contributed by atoms with Crippen LogP contribution in [-0.2, 0) is 0 Å². The fourth-order valence-electron chi connectivity index (χ4n) is 2.19. The van der Waals surface area contributed by atoms with E-state index >= 15 is 0 Å². The van der Waals surface area contributed by atoms with Crippen LogP contribution in [0, 0.1) is 0 Å². The highest BCUT2D eigenvalue weighted by Gasteiger charge is 2.11. The zero-order valence-corrected chi connectivity index (χ0v) is 12.2. The zero-order chi connectivity index (χ0) is 15.5. The maximum atomic E-state index is 10.0. The Morgan fingerprint density at radius 1 is 1.00 bits per heavy atom. The van der Waals surface area contributed by atoms with Crippen molar-refractivity contribution in [2.24, 2.45) is 10.2 Å². The minimum Gasteiger partial charge on any atom is -0.497 e. The Morgan fingerprint density at radius 3 is 2.59 bits per heavy atom. The first-order valence-corrected chi connectivity index (χ1v) is 6.66. The summed E-state index contributed by atoms with van der Waals surface area (Å²) in [5.74, 6) is 1.27. The molecule has 0 saturated heterocycles. The molecule has 3 rings (SSSR count). The molecule has 0 aliphatic carbocycles. The maximum Gasteiger partial charge on any atom is 0.218 e. The number of hydrogen-bond acceptors (Lipinski definition) is 5. The van der Waals surface area contributed by atoms with E-state index in [2.05, 4.69) is 15.2 Å². The van der Waals surface area contributed by atoms with Crippen molar-refractivity contribution in [3.05, 3.63) is 42.5 Å². The fourth-order valence-corrected chi connectivity index (χ4v) is 2.19. The summed E-state index contributed by atoms with van der Waals surface area (Å²) >= 11 is 0. The third-order valence-corrected chi connectivity index (χ3v) is 3.30. The van der Waals surface area contributed by atoms with Gasteiger partial charge in [0.2, 0.25) is 5.88 Å². The normalized spacial score (nSPS) is 11.2. The molecule has 0 fully saturated rings. The van der Waals surface area contributed by atoms with Gasteiger partial charge in [0.05, 0.1) is 19.7 Å². The third-order valence-electron chi connectivity index (χ3n) is 3.30. The van der Waals surface area contributed by atoms with E-state index in [0.29, 0.717) is 22.9 Å². The summed E-state index contributed by atoms with van der Waals surface area (Å²) in [7, 11) is 3.16. The smallest absolute Gasteiger partial charge is 0.218 e. The van der Waals surface area contributed by atoms with Crippen molar-refractivity contribution in [2.75, 3.05) is 14.2 Å². The highest BCUT2D eigenvalue weighted by molar-refractivity contribution is 5.94. The van der Waals surface area contributed by atoms with Gasteiger partial charge in [0.15, 0.2) is 5.69 Å². The number of aromatic amines is 1. The highest BCUT2D eigenvalue weighted by Crippen LogP contribution is 2.38. The monoisotopic (exact) mass is 297 g/mol. The Balaban J connectivity index is 2.03. The number of fused-ring (bicyclic) bond motifs is 1. The van der Waals surface area contributed by atoms with Crippen LogP contribution < -0.4 is 9.47 Å². The number of aromatic nitrogens is 1. The second-order valence-corrected chi connectivity index (χ2v) is 4.61. The summed E-state index contributed by atoms with van der Waals surface area (Å²) < 4.78 is 10.4. The molecule has 1 heterocycles. The number of rotatable bonds is 4. The van der Waals surface area contributed by atoms with E-state index in [-0.39, 0.29) is 5.88 Å². The molecule has 0 aliphatic rings. The number of H-pyrrole nitrogens is 1. The van der Waals surface area contributed by atoms with E-state index in [1.165, 1.54) is 0 Å². The van der Waals surface area contributed by atoms with Gasteiger partial charge < -0.3 is 19.6 Å². The molecule has 0 aliphatic heterocycles. The quantitative estimate of drug-likeness (QED) is 0.704. The Bertz CT molecular complexity index is 840. The molecule has 0 radical (unpaired) electrons. The molecule has 0 unspecified atom stereocenters. The lowest BCUT2D eigenvalue weighted by molar-refractivity contribution is 0.415. The molecule has 0 saturated carbocycles. The van der Waals surface area contributed by atoms with Gasteiger partial charge in [-0.05, 0) is 24.3 Å². The van der Waals surface area contributed by atoms with Gasteiger partial charge >= 0.3 is 0 Å². The number of nitrogens with zero attached hydrogens (tertiary/aromatic N) is 2. The summed E-state index contributed by atoms with van der Waals surface area (Å²) in [6.45, 7) is 0. The van der Waals surface area contributed by atoms with Crippen LogP contribution in [0.5, 0.6) is 17.4 Å². The SMILES string of the molecule is COc1ccc2c(N=Nc3ccccc3OC)c(O)[nH]c2c1. The van der Waals surface area contributed by atoms with E-state index in [1.54, 1.807) is 38.5 Å². The number of methoxy groups -OCH3 is 2. The topological polar surface area (TPSA) is 79.2 Å². The molecule has 2 N–H and O–H groups in total. The molecule has 6 nitrogen and oxygen atoms in total. The first-order chi connectivity index (χ1) is 10.7. The summed E-state index contributed by atoms with van der Waals surface area (Å²) in [4.78, 5) is 2.86. The average molecular weight is 297 g/mol. The van der Waals surface area contributed by atoms with Gasteiger partial charge in [-0.2, -0.15) is 0 Å². The van der Waals surface area contributed by atoms with Crippen molar-refractivity contribution in [2.45, 2.75) is 0 Å². The lowest BCUT2D eigenvalue weighted by atomic mass is 10.2. The van der Waals surface area contributed by atoms with Crippen LogP contribution in [0.4, 0.5) is 11.4 Å². The Morgan fingerprint density at radius 2 is 1.82 bits per heavy atom. The third kappa shape index (κ3) is 2.46. The van der Waals surface area contributed by atoms with E-state index < -0.39 is 0 Å². The molecule has 0 spiro atoms. The Hall–Kier alpha value is -3.02. The molecular formula is C16H15N3O3. The number of ether oxygens (including phenoxy) is 2. The fraction of sp³-hybridized carbons (Fsp3) is 0.125. The van der Waals surface area contributed by atoms with Crippen LogP contribution in [0.25, 0.3) is 10.9 Å². The number of benzene rings is 2. The number of azo groups is 1. The van der Waals surface area contributed by atoms with E-state index in [1.807, 2.05) is 18.2 Å². The molecule has 0 bridgehead atoms. The van der Waals surface area contributed by atoms with Crippen LogP contribution in [0.15, 0.2) is 52.7 Å². The second kappa shape index (κ2) is 5.77. The summed E-state index contributed by atoms with van der Waals surface area (Å²) in [6.07, 6.45) is 0. The first-order valence-electron chi connectivity index (χ1n) is 6.66. The number of aromatic hydroxyl groups is 1. The molecule has 0 amide bonds. The van der Waals surface area contributed by atoms with Crippen molar-refractivity contribution < 1.29 is 14.6 Å². The minimum absolute atomic E-state index is 0.0399. The Kier molecular flexibility index (Phi) is 3.65. The largest absolute Gasteiger partial charge is 0.497 e. The van der Waals surface area contributed by atoms with Crippen molar-refractivity contribution >= 4 is 22.3 Å². The average Bonchev–Trinajstić information content (AvgIpc) is 2.87. The predicted molar refractivity (Wildman–Crippen MR) is 83.7 cm³/mol. The van der Waals surface area contributed by atoms with Crippen molar-refractivity contribution in [1.29, 1.82) is 0 Å². The number of nitrogens with one attached hydrogen (secondary N) is 1. The summed E-state index contributed by atoms with van der Waals surface area (Å²) in [6, 6.07) is 12.7. The summed E-state index contributed by atoms with van der Waals surface area (Å²) in [5, 5.41) is 19.1. The molecule has 2 aromatic carbocycles. The van der Waals surface area contributed by atoms with Crippen LogP contribution in [0.3, 0.4) is 0 Å². The molecular weight excluding hydrogens is 282 g/mol. The van der Waals surface area contributed by atoms with Crippen molar-refractivity contribution in [1.82, 2.24) is 4.98 Å². The molecule has 22 heavy (non-hydrogen) atoms. The standard InChI is InChI=1S/C16H15N3O3/c1-21-10-7-8-11-13(9-10)17-16(20)15(11)19-18-12-5-3-4-6-14(12)22-2/h3-9,17,20H,1-2H3. The Labute approximate surface area is 127 Å². The van der Waals surface area contributed by atoms with Gasteiger partial charge in [0.1, 0.15) is 17.2 Å². The second-order valence-electron chi connectivity index (χ2n) is 4.61. The molecule has 1 aromatic heterocycles. The predicted octanol–water partition coefficient (Wildman–Crippen LogP) is 4.31. The van der Waals surface area contributed by atoms with Gasteiger partial charge in [-0.1, -0.05) is 12.1 Å². The van der Waals surface area contributed by atoms with E-state index in [9.17, 15) is 5.11 Å². The maximum absolute atomic E-state index is 10.0. The van der Waals surface area contributed by atoms with Crippen LogP contribution in [0.2, 0.25) is 0 Å².